The molecule has 1 aliphatic rings. The second-order valence-electron chi connectivity index (χ2n) is 5.35. The molecular weight excluding hydrogens is 240 g/mol. The fourth-order valence-electron chi connectivity index (χ4n) is 2.38. The minimum absolute atomic E-state index is 0.412. The van der Waals surface area contributed by atoms with Crippen LogP contribution in [0.25, 0.3) is 5.65 Å². The van der Waals surface area contributed by atoms with Crippen molar-refractivity contribution in [1.29, 1.82) is 0 Å². The highest BCUT2D eigenvalue weighted by molar-refractivity contribution is 5.50. The largest absolute Gasteiger partial charge is 0.381 e. The standard InChI is InChI=1S/C14H20N4O/c1-10(2)12-9-14(16-11-4-7-19-8-5-11)18-13(17-12)3-6-15-18/h3,6,9-11,16H,4-5,7-8H2,1-2H3. The number of aromatic nitrogens is 3. The number of nitrogens with zero attached hydrogens (tertiary/aromatic N) is 3. The van der Waals surface area contributed by atoms with E-state index in [-0.39, 0.29) is 0 Å². The van der Waals surface area contributed by atoms with Gasteiger partial charge in [-0.05, 0) is 18.8 Å². The van der Waals surface area contributed by atoms with Crippen molar-refractivity contribution in [2.24, 2.45) is 0 Å². The Labute approximate surface area is 113 Å². The Kier molecular flexibility index (Phi) is 3.38. The van der Waals surface area contributed by atoms with Crippen molar-refractivity contribution >= 4 is 11.5 Å². The fourth-order valence-corrected chi connectivity index (χ4v) is 2.38. The van der Waals surface area contributed by atoms with E-state index < -0.39 is 0 Å². The summed E-state index contributed by atoms with van der Waals surface area (Å²) in [7, 11) is 0. The molecule has 5 heteroatoms. The van der Waals surface area contributed by atoms with E-state index in [1.54, 1.807) is 6.20 Å². The smallest absolute Gasteiger partial charge is 0.157 e. The molecule has 0 aromatic carbocycles. The number of ether oxygens (including phenoxy) is 1. The molecule has 0 radical (unpaired) electrons. The molecule has 0 aliphatic carbocycles. The Hall–Kier alpha value is -1.62. The van der Waals surface area contributed by atoms with Gasteiger partial charge in [-0.15, -0.1) is 0 Å². The van der Waals surface area contributed by atoms with E-state index >= 15 is 0 Å². The van der Waals surface area contributed by atoms with Crippen LogP contribution in [0.1, 0.15) is 38.3 Å². The molecule has 0 atom stereocenters. The zero-order valence-electron chi connectivity index (χ0n) is 11.5. The highest BCUT2D eigenvalue weighted by atomic mass is 16.5. The summed E-state index contributed by atoms with van der Waals surface area (Å²) in [6.07, 6.45) is 3.88. The van der Waals surface area contributed by atoms with Crippen LogP contribution in [0, 0.1) is 0 Å². The highest BCUT2D eigenvalue weighted by Crippen LogP contribution is 2.21. The molecule has 5 nitrogen and oxygen atoms in total. The van der Waals surface area contributed by atoms with Crippen molar-refractivity contribution in [3.05, 3.63) is 24.0 Å². The molecule has 1 fully saturated rings. The first-order chi connectivity index (χ1) is 9.24. The SMILES string of the molecule is CC(C)c1cc(NC2CCOCC2)n2nccc2n1. The van der Waals surface area contributed by atoms with Gasteiger partial charge in [0.05, 0.1) is 6.20 Å². The van der Waals surface area contributed by atoms with Crippen LogP contribution >= 0.6 is 0 Å². The minimum Gasteiger partial charge on any atom is -0.381 e. The lowest BCUT2D eigenvalue weighted by molar-refractivity contribution is 0.0903. The Morgan fingerprint density at radius 2 is 2.16 bits per heavy atom. The van der Waals surface area contributed by atoms with Gasteiger partial charge in [0.15, 0.2) is 5.65 Å². The molecule has 102 valence electrons. The molecule has 3 rings (SSSR count). The molecule has 0 saturated carbocycles. The fraction of sp³-hybridized carbons (Fsp3) is 0.571. The molecule has 0 amide bonds. The van der Waals surface area contributed by atoms with Gasteiger partial charge in [-0.2, -0.15) is 9.61 Å². The van der Waals surface area contributed by atoms with E-state index in [0.717, 1.165) is 43.2 Å². The van der Waals surface area contributed by atoms with Crippen LogP contribution in [0.4, 0.5) is 5.82 Å². The topological polar surface area (TPSA) is 51.5 Å². The predicted molar refractivity (Wildman–Crippen MR) is 74.5 cm³/mol. The Morgan fingerprint density at radius 3 is 2.89 bits per heavy atom. The van der Waals surface area contributed by atoms with Gasteiger partial charge in [-0.25, -0.2) is 4.98 Å². The summed E-state index contributed by atoms with van der Waals surface area (Å²) < 4.78 is 7.27. The molecule has 0 spiro atoms. The first-order valence-corrected chi connectivity index (χ1v) is 6.93. The third-order valence-electron chi connectivity index (χ3n) is 3.54. The summed E-state index contributed by atoms with van der Waals surface area (Å²) in [6, 6.07) is 4.52. The van der Waals surface area contributed by atoms with Gasteiger partial charge in [-0.1, -0.05) is 13.8 Å². The van der Waals surface area contributed by atoms with Crippen LogP contribution in [0.2, 0.25) is 0 Å². The van der Waals surface area contributed by atoms with E-state index in [1.807, 2.05) is 10.6 Å². The zero-order chi connectivity index (χ0) is 13.2. The lowest BCUT2D eigenvalue weighted by atomic mass is 10.1. The minimum atomic E-state index is 0.412. The van der Waals surface area contributed by atoms with E-state index in [4.69, 9.17) is 4.74 Å². The average molecular weight is 260 g/mol. The molecule has 1 N–H and O–H groups in total. The van der Waals surface area contributed by atoms with Crippen molar-refractivity contribution in [2.75, 3.05) is 18.5 Å². The molecule has 0 bridgehead atoms. The summed E-state index contributed by atoms with van der Waals surface area (Å²) in [5.41, 5.74) is 2.00. The molecule has 19 heavy (non-hydrogen) atoms. The summed E-state index contributed by atoms with van der Waals surface area (Å²) in [5, 5.41) is 7.93. The van der Waals surface area contributed by atoms with Crippen LogP contribution in [0.15, 0.2) is 18.3 Å². The summed E-state index contributed by atoms with van der Waals surface area (Å²) in [4.78, 5) is 4.62. The first kappa shape index (κ1) is 12.4. The van der Waals surface area contributed by atoms with Gasteiger partial charge >= 0.3 is 0 Å². The van der Waals surface area contributed by atoms with E-state index in [0.29, 0.717) is 12.0 Å². The molecule has 0 unspecified atom stereocenters. The second kappa shape index (κ2) is 5.17. The lowest BCUT2D eigenvalue weighted by Gasteiger charge is -2.24. The number of rotatable bonds is 3. The molecule has 2 aromatic rings. The second-order valence-corrected chi connectivity index (χ2v) is 5.35. The lowest BCUT2D eigenvalue weighted by Crippen LogP contribution is -2.29. The van der Waals surface area contributed by atoms with E-state index in [1.165, 1.54) is 0 Å². The van der Waals surface area contributed by atoms with Gasteiger partial charge in [0.2, 0.25) is 0 Å². The van der Waals surface area contributed by atoms with Crippen molar-refractivity contribution < 1.29 is 4.74 Å². The van der Waals surface area contributed by atoms with Crippen molar-refractivity contribution in [1.82, 2.24) is 14.6 Å². The van der Waals surface area contributed by atoms with Crippen molar-refractivity contribution in [3.8, 4) is 0 Å². The van der Waals surface area contributed by atoms with Crippen LogP contribution < -0.4 is 5.32 Å². The van der Waals surface area contributed by atoms with Gasteiger partial charge in [-0.3, -0.25) is 0 Å². The monoisotopic (exact) mass is 260 g/mol. The predicted octanol–water partition coefficient (Wildman–Crippen LogP) is 2.44. The van der Waals surface area contributed by atoms with E-state index in [9.17, 15) is 0 Å². The van der Waals surface area contributed by atoms with Crippen LogP contribution in [-0.2, 0) is 4.74 Å². The quantitative estimate of drug-likeness (QED) is 0.921. The summed E-state index contributed by atoms with van der Waals surface area (Å²) >= 11 is 0. The molecule has 1 saturated heterocycles. The Morgan fingerprint density at radius 1 is 1.37 bits per heavy atom. The van der Waals surface area contributed by atoms with Crippen LogP contribution in [-0.4, -0.2) is 33.9 Å². The van der Waals surface area contributed by atoms with Gasteiger partial charge in [0, 0.05) is 37.1 Å². The number of hydrogen-bond donors (Lipinski definition) is 1. The van der Waals surface area contributed by atoms with Gasteiger partial charge in [0.1, 0.15) is 5.82 Å². The summed E-state index contributed by atoms with van der Waals surface area (Å²) in [5.74, 6) is 1.45. The highest BCUT2D eigenvalue weighted by Gasteiger charge is 2.16. The average Bonchev–Trinajstić information content (AvgIpc) is 2.88. The van der Waals surface area contributed by atoms with Crippen LogP contribution in [0.3, 0.4) is 0 Å². The maximum Gasteiger partial charge on any atom is 0.157 e. The van der Waals surface area contributed by atoms with Crippen molar-refractivity contribution in [3.63, 3.8) is 0 Å². The maximum atomic E-state index is 5.40. The maximum absolute atomic E-state index is 5.40. The third-order valence-corrected chi connectivity index (χ3v) is 3.54. The van der Waals surface area contributed by atoms with Gasteiger partial charge in [0.25, 0.3) is 0 Å². The third kappa shape index (κ3) is 2.56. The first-order valence-electron chi connectivity index (χ1n) is 6.93. The molecule has 1 aliphatic heterocycles. The Balaban J connectivity index is 1.93. The number of hydrogen-bond acceptors (Lipinski definition) is 4. The molecule has 2 aromatic heterocycles. The number of anilines is 1. The number of nitrogens with one attached hydrogen (secondary N) is 1. The zero-order valence-corrected chi connectivity index (χ0v) is 11.5. The summed E-state index contributed by atoms with van der Waals surface area (Å²) in [6.45, 7) is 5.99. The molecule has 3 heterocycles. The Bertz CT molecular complexity index is 558. The van der Waals surface area contributed by atoms with Crippen molar-refractivity contribution in [2.45, 2.75) is 38.6 Å². The normalized spacial score (nSPS) is 17.2. The number of fused-ring (bicyclic) bond motifs is 1. The van der Waals surface area contributed by atoms with Gasteiger partial charge < -0.3 is 10.1 Å². The van der Waals surface area contributed by atoms with Crippen LogP contribution in [0.5, 0.6) is 0 Å². The van der Waals surface area contributed by atoms with E-state index in [2.05, 4.69) is 35.3 Å². The molecular formula is C14H20N4O.